The summed E-state index contributed by atoms with van der Waals surface area (Å²) in [5.74, 6) is 0. The number of allylic oxidation sites excluding steroid dienone is 1. The molecule has 0 aliphatic heterocycles. The van der Waals surface area contributed by atoms with Gasteiger partial charge in [-0.1, -0.05) is 17.7 Å². The molecule has 1 atom stereocenters. The molecule has 0 spiro atoms. The molecule has 0 fully saturated rings. The van der Waals surface area contributed by atoms with Crippen molar-refractivity contribution in [3.05, 3.63) is 54.2 Å². The van der Waals surface area contributed by atoms with E-state index in [4.69, 9.17) is 5.73 Å². The molecular formula is C15H18N2. The summed E-state index contributed by atoms with van der Waals surface area (Å²) in [5, 5.41) is 1.15. The fourth-order valence-corrected chi connectivity index (χ4v) is 1.89. The summed E-state index contributed by atoms with van der Waals surface area (Å²) < 4.78 is 0. The number of pyridine rings is 1. The van der Waals surface area contributed by atoms with Gasteiger partial charge in [-0.25, -0.2) is 0 Å². The molecule has 2 nitrogen and oxygen atoms in total. The largest absolute Gasteiger partial charge is 0.324 e. The lowest BCUT2D eigenvalue weighted by Crippen LogP contribution is -2.10. The van der Waals surface area contributed by atoms with Crippen LogP contribution in [0.1, 0.15) is 31.4 Å². The summed E-state index contributed by atoms with van der Waals surface area (Å²) in [4.78, 5) is 4.30. The number of hydrogen-bond acceptors (Lipinski definition) is 2. The Morgan fingerprint density at radius 1 is 1.41 bits per heavy atom. The molecular weight excluding hydrogens is 208 g/mol. The van der Waals surface area contributed by atoms with E-state index in [1.165, 1.54) is 11.1 Å². The highest BCUT2D eigenvalue weighted by atomic mass is 14.7. The predicted octanol–water partition coefficient (Wildman–Crippen LogP) is 3.59. The summed E-state index contributed by atoms with van der Waals surface area (Å²) in [7, 11) is 0. The van der Waals surface area contributed by atoms with Gasteiger partial charge in [0.15, 0.2) is 0 Å². The highest BCUT2D eigenvalue weighted by Crippen LogP contribution is 2.21. The fourth-order valence-electron chi connectivity index (χ4n) is 1.89. The van der Waals surface area contributed by atoms with E-state index in [-0.39, 0.29) is 6.04 Å². The van der Waals surface area contributed by atoms with Crippen molar-refractivity contribution in [1.29, 1.82) is 0 Å². The molecule has 0 aliphatic rings. The average Bonchev–Trinajstić information content (AvgIpc) is 2.35. The number of hydrogen-bond donors (Lipinski definition) is 1. The van der Waals surface area contributed by atoms with Crippen molar-refractivity contribution in [3.63, 3.8) is 0 Å². The maximum absolute atomic E-state index is 6.17. The highest BCUT2D eigenvalue weighted by molar-refractivity contribution is 5.79. The first-order valence-corrected chi connectivity index (χ1v) is 5.91. The molecule has 0 saturated carbocycles. The van der Waals surface area contributed by atoms with Crippen LogP contribution in [0, 0.1) is 0 Å². The zero-order valence-corrected chi connectivity index (χ0v) is 10.2. The first-order valence-electron chi connectivity index (χ1n) is 5.91. The Kier molecular flexibility index (Phi) is 3.55. The molecule has 0 bridgehead atoms. The Bertz CT molecular complexity index is 531. The zero-order valence-electron chi connectivity index (χ0n) is 10.2. The second kappa shape index (κ2) is 5.11. The summed E-state index contributed by atoms with van der Waals surface area (Å²) in [6.07, 6.45) is 3.73. The number of aromatic nitrogens is 1. The molecule has 88 valence electrons. The predicted molar refractivity (Wildman–Crippen MR) is 72.7 cm³/mol. The van der Waals surface area contributed by atoms with Gasteiger partial charge in [0.2, 0.25) is 0 Å². The van der Waals surface area contributed by atoms with Crippen LogP contribution >= 0.6 is 0 Å². The topological polar surface area (TPSA) is 38.9 Å². The third kappa shape index (κ3) is 2.92. The van der Waals surface area contributed by atoms with Crippen LogP contribution in [0.15, 0.2) is 48.7 Å². The second-order valence-corrected chi connectivity index (χ2v) is 4.56. The second-order valence-electron chi connectivity index (χ2n) is 4.56. The van der Waals surface area contributed by atoms with E-state index in [0.29, 0.717) is 0 Å². The molecule has 17 heavy (non-hydrogen) atoms. The smallest absolute Gasteiger partial charge is 0.0702 e. The maximum Gasteiger partial charge on any atom is 0.0702 e. The SMILES string of the molecule is C=C(C)CCC(N)c1ccc2ncccc2c1. The van der Waals surface area contributed by atoms with Gasteiger partial charge in [-0.3, -0.25) is 4.98 Å². The lowest BCUT2D eigenvalue weighted by molar-refractivity contribution is 0.650. The van der Waals surface area contributed by atoms with Crippen molar-refractivity contribution >= 4 is 10.9 Å². The number of benzene rings is 1. The van der Waals surface area contributed by atoms with Gasteiger partial charge in [0.1, 0.15) is 0 Å². The van der Waals surface area contributed by atoms with E-state index in [1.807, 2.05) is 25.3 Å². The van der Waals surface area contributed by atoms with Crippen LogP contribution in [0.25, 0.3) is 10.9 Å². The van der Waals surface area contributed by atoms with Crippen molar-refractivity contribution in [2.75, 3.05) is 0 Å². The van der Waals surface area contributed by atoms with Gasteiger partial charge in [-0.05, 0) is 43.5 Å². The molecule has 1 aromatic carbocycles. The van der Waals surface area contributed by atoms with Gasteiger partial charge in [-0.15, -0.1) is 6.58 Å². The minimum absolute atomic E-state index is 0.0799. The Morgan fingerprint density at radius 3 is 3.00 bits per heavy atom. The van der Waals surface area contributed by atoms with E-state index in [2.05, 4.69) is 29.8 Å². The van der Waals surface area contributed by atoms with E-state index < -0.39 is 0 Å². The van der Waals surface area contributed by atoms with Crippen molar-refractivity contribution in [2.24, 2.45) is 5.73 Å². The van der Waals surface area contributed by atoms with Crippen molar-refractivity contribution < 1.29 is 0 Å². The minimum atomic E-state index is 0.0799. The molecule has 2 rings (SSSR count). The van der Waals surface area contributed by atoms with E-state index >= 15 is 0 Å². The first kappa shape index (κ1) is 11.8. The molecule has 1 unspecified atom stereocenters. The summed E-state index contributed by atoms with van der Waals surface area (Å²) in [6, 6.07) is 10.3. The lowest BCUT2D eigenvalue weighted by Gasteiger charge is -2.12. The zero-order chi connectivity index (χ0) is 12.3. The minimum Gasteiger partial charge on any atom is -0.324 e. The number of nitrogens with two attached hydrogens (primary N) is 1. The molecule has 1 aromatic heterocycles. The van der Waals surface area contributed by atoms with E-state index in [1.54, 1.807) is 0 Å². The van der Waals surface area contributed by atoms with Gasteiger partial charge in [0.05, 0.1) is 5.52 Å². The van der Waals surface area contributed by atoms with Crippen LogP contribution in [0.4, 0.5) is 0 Å². The van der Waals surface area contributed by atoms with Gasteiger partial charge in [0, 0.05) is 17.6 Å². The molecule has 0 aliphatic carbocycles. The summed E-state index contributed by atoms with van der Waals surface area (Å²) in [5.41, 5.74) is 9.55. The first-order chi connectivity index (χ1) is 8.16. The molecule has 0 amide bonds. The molecule has 2 aromatic rings. The van der Waals surface area contributed by atoms with Crippen LogP contribution in [0.2, 0.25) is 0 Å². The molecule has 0 radical (unpaired) electrons. The standard InChI is InChI=1S/C15H18N2/c1-11(2)5-7-14(16)12-6-8-15-13(10-12)4-3-9-17-15/h3-4,6,8-10,14H,1,5,7,16H2,2H3. The Morgan fingerprint density at radius 2 is 2.24 bits per heavy atom. The van der Waals surface area contributed by atoms with Crippen molar-refractivity contribution in [1.82, 2.24) is 4.98 Å². The van der Waals surface area contributed by atoms with Crippen LogP contribution in [0.5, 0.6) is 0 Å². The average molecular weight is 226 g/mol. The number of rotatable bonds is 4. The summed E-state index contributed by atoms with van der Waals surface area (Å²) in [6.45, 7) is 5.94. The van der Waals surface area contributed by atoms with Crippen LogP contribution < -0.4 is 5.73 Å². The third-order valence-electron chi connectivity index (χ3n) is 2.94. The highest BCUT2D eigenvalue weighted by Gasteiger charge is 2.06. The monoisotopic (exact) mass is 226 g/mol. The molecule has 1 heterocycles. The fraction of sp³-hybridized carbons (Fsp3) is 0.267. The van der Waals surface area contributed by atoms with Gasteiger partial charge < -0.3 is 5.73 Å². The van der Waals surface area contributed by atoms with Gasteiger partial charge in [0.25, 0.3) is 0 Å². The number of fused-ring (bicyclic) bond motifs is 1. The maximum atomic E-state index is 6.17. The third-order valence-corrected chi connectivity index (χ3v) is 2.94. The number of nitrogens with zero attached hydrogens (tertiary/aromatic N) is 1. The quantitative estimate of drug-likeness (QED) is 0.809. The molecule has 2 N–H and O–H groups in total. The van der Waals surface area contributed by atoms with E-state index in [9.17, 15) is 0 Å². The van der Waals surface area contributed by atoms with Crippen LogP contribution in [-0.2, 0) is 0 Å². The Labute approximate surface area is 102 Å². The van der Waals surface area contributed by atoms with Crippen LogP contribution in [-0.4, -0.2) is 4.98 Å². The molecule has 2 heteroatoms. The van der Waals surface area contributed by atoms with Gasteiger partial charge in [-0.2, -0.15) is 0 Å². The molecule has 0 saturated heterocycles. The van der Waals surface area contributed by atoms with Crippen molar-refractivity contribution in [3.8, 4) is 0 Å². The Balaban J connectivity index is 2.20. The normalized spacial score (nSPS) is 12.6. The van der Waals surface area contributed by atoms with E-state index in [0.717, 1.165) is 23.7 Å². The lowest BCUT2D eigenvalue weighted by atomic mass is 9.99. The summed E-state index contributed by atoms with van der Waals surface area (Å²) >= 11 is 0. The Hall–Kier alpha value is -1.67. The van der Waals surface area contributed by atoms with Crippen LogP contribution in [0.3, 0.4) is 0 Å². The van der Waals surface area contributed by atoms with Crippen molar-refractivity contribution in [2.45, 2.75) is 25.8 Å². The van der Waals surface area contributed by atoms with Gasteiger partial charge >= 0.3 is 0 Å².